The first-order valence-corrected chi connectivity index (χ1v) is 7.45. The minimum Gasteiger partial charge on any atom is -0.598 e. The molecule has 0 aromatic heterocycles. The topological polar surface area (TPSA) is 44.3 Å². The molecule has 1 aromatic rings. The maximum Gasteiger partial charge on any atom is 0.136 e. The highest BCUT2D eigenvalue weighted by molar-refractivity contribution is 7.90. The Morgan fingerprint density at radius 1 is 1.39 bits per heavy atom. The Morgan fingerprint density at radius 3 is 2.67 bits per heavy atom. The first-order valence-electron chi connectivity index (χ1n) is 6.30. The minimum atomic E-state index is -1.06. The summed E-state index contributed by atoms with van der Waals surface area (Å²) in [5.41, 5.74) is 1.23. The normalized spacial score (nSPS) is 22.2. The summed E-state index contributed by atoms with van der Waals surface area (Å²) in [6, 6.07) is 8.14. The zero-order valence-corrected chi connectivity index (χ0v) is 12.2. The maximum atomic E-state index is 12.0. The lowest BCUT2D eigenvalue weighted by atomic mass is 10.1. The quantitative estimate of drug-likeness (QED) is 0.855. The zero-order valence-electron chi connectivity index (χ0n) is 11.4. The Hall–Kier alpha value is -0.710. The summed E-state index contributed by atoms with van der Waals surface area (Å²) in [5.74, 6) is 0.956. The van der Waals surface area contributed by atoms with Crippen molar-refractivity contribution >= 4 is 11.4 Å². The number of hydrogen-bond donors (Lipinski definition) is 1. The first-order chi connectivity index (χ1) is 8.38. The van der Waals surface area contributed by atoms with Crippen molar-refractivity contribution in [3.8, 4) is 5.75 Å². The van der Waals surface area contributed by atoms with E-state index in [0.29, 0.717) is 0 Å². The molecule has 100 valence electrons. The van der Waals surface area contributed by atoms with Crippen LogP contribution >= 0.6 is 0 Å². The van der Waals surface area contributed by atoms with Gasteiger partial charge in [0.25, 0.3) is 0 Å². The molecule has 0 aliphatic carbocycles. The smallest absolute Gasteiger partial charge is 0.136 e. The summed E-state index contributed by atoms with van der Waals surface area (Å²) in [6.07, 6.45) is 0.944. The van der Waals surface area contributed by atoms with Gasteiger partial charge in [-0.05, 0) is 39.3 Å². The van der Waals surface area contributed by atoms with Crippen molar-refractivity contribution in [2.45, 2.75) is 51.0 Å². The van der Waals surface area contributed by atoms with Crippen molar-refractivity contribution in [2.75, 3.05) is 0 Å². The Kier molecular flexibility index (Phi) is 3.90. The highest BCUT2D eigenvalue weighted by Crippen LogP contribution is 2.29. The number of ether oxygens (including phenoxy) is 1. The van der Waals surface area contributed by atoms with E-state index in [9.17, 15) is 4.55 Å². The van der Waals surface area contributed by atoms with Crippen LogP contribution < -0.4 is 9.46 Å². The van der Waals surface area contributed by atoms with Gasteiger partial charge in [0.15, 0.2) is 0 Å². The van der Waals surface area contributed by atoms with Crippen LogP contribution in [0.25, 0.3) is 0 Å². The van der Waals surface area contributed by atoms with Crippen molar-refractivity contribution in [1.29, 1.82) is 0 Å². The van der Waals surface area contributed by atoms with Gasteiger partial charge in [0.1, 0.15) is 16.6 Å². The summed E-state index contributed by atoms with van der Waals surface area (Å²) in [5, 5.41) is 0. The molecule has 0 bridgehead atoms. The number of fused-ring (bicyclic) bond motifs is 1. The predicted molar refractivity (Wildman–Crippen MR) is 75.1 cm³/mol. The molecule has 1 aliphatic heterocycles. The predicted octanol–water partition coefficient (Wildman–Crippen LogP) is 2.43. The van der Waals surface area contributed by atoms with Crippen LogP contribution in [0.1, 0.15) is 33.3 Å². The lowest BCUT2D eigenvalue weighted by Crippen LogP contribution is -2.49. The van der Waals surface area contributed by atoms with Crippen molar-refractivity contribution in [2.24, 2.45) is 0 Å². The van der Waals surface area contributed by atoms with E-state index in [1.165, 1.54) is 5.56 Å². The summed E-state index contributed by atoms with van der Waals surface area (Å²) < 4.78 is 20.8. The van der Waals surface area contributed by atoms with Gasteiger partial charge in [-0.2, -0.15) is 0 Å². The van der Waals surface area contributed by atoms with Gasteiger partial charge in [-0.1, -0.05) is 18.2 Å². The van der Waals surface area contributed by atoms with Crippen LogP contribution in [-0.2, 0) is 17.8 Å². The fourth-order valence-corrected chi connectivity index (χ4v) is 2.75. The van der Waals surface area contributed by atoms with Crippen LogP contribution in [0.3, 0.4) is 0 Å². The molecular formula is C14H21NO2S. The summed E-state index contributed by atoms with van der Waals surface area (Å²) >= 11 is -1.06. The summed E-state index contributed by atoms with van der Waals surface area (Å²) in [6.45, 7) is 7.92. The fraction of sp³-hybridized carbons (Fsp3) is 0.571. The van der Waals surface area contributed by atoms with Crippen LogP contribution in [-0.4, -0.2) is 21.4 Å². The Labute approximate surface area is 112 Å². The van der Waals surface area contributed by atoms with E-state index in [-0.39, 0.29) is 16.9 Å². The van der Waals surface area contributed by atoms with E-state index >= 15 is 0 Å². The number of nitrogens with one attached hydrogen (secondary N) is 1. The van der Waals surface area contributed by atoms with Crippen LogP contribution in [0.15, 0.2) is 24.3 Å². The average Bonchev–Trinajstić information content (AvgIpc) is 2.71. The third-order valence-electron chi connectivity index (χ3n) is 3.08. The molecular weight excluding hydrogens is 246 g/mol. The Balaban J connectivity index is 1.95. The van der Waals surface area contributed by atoms with E-state index in [0.717, 1.165) is 12.2 Å². The molecule has 0 spiro atoms. The Bertz CT molecular complexity index is 392. The van der Waals surface area contributed by atoms with Crippen LogP contribution in [0.2, 0.25) is 0 Å². The molecule has 1 aliphatic rings. The molecule has 0 fully saturated rings. The van der Waals surface area contributed by atoms with E-state index in [1.54, 1.807) is 0 Å². The van der Waals surface area contributed by atoms with Crippen molar-refractivity contribution < 1.29 is 9.29 Å². The molecule has 1 N–H and O–H groups in total. The summed E-state index contributed by atoms with van der Waals surface area (Å²) in [7, 11) is 0. The molecule has 3 nitrogen and oxygen atoms in total. The number of rotatable bonds is 3. The molecule has 1 heterocycles. The molecule has 0 saturated carbocycles. The second-order valence-corrected chi connectivity index (χ2v) is 7.75. The molecule has 0 saturated heterocycles. The van der Waals surface area contributed by atoms with Crippen LogP contribution in [0, 0.1) is 0 Å². The fourth-order valence-electron chi connectivity index (χ4n) is 1.91. The van der Waals surface area contributed by atoms with Gasteiger partial charge in [0, 0.05) is 17.8 Å². The van der Waals surface area contributed by atoms with Crippen molar-refractivity contribution in [3.05, 3.63) is 29.8 Å². The third-order valence-corrected chi connectivity index (χ3v) is 4.78. The van der Waals surface area contributed by atoms with Crippen molar-refractivity contribution in [1.82, 2.24) is 4.72 Å². The monoisotopic (exact) mass is 267 g/mol. The van der Waals surface area contributed by atoms with Gasteiger partial charge in [0.05, 0.1) is 6.04 Å². The van der Waals surface area contributed by atoms with E-state index in [1.807, 2.05) is 45.9 Å². The number of para-hydroxylation sites is 1. The molecule has 3 atom stereocenters. The lowest BCUT2D eigenvalue weighted by molar-refractivity contribution is 0.198. The van der Waals surface area contributed by atoms with Crippen molar-refractivity contribution in [3.63, 3.8) is 0 Å². The molecule has 0 amide bonds. The molecule has 4 heteroatoms. The van der Waals surface area contributed by atoms with Crippen LogP contribution in [0.5, 0.6) is 5.75 Å². The van der Waals surface area contributed by atoms with Crippen LogP contribution in [0.4, 0.5) is 0 Å². The highest BCUT2D eigenvalue weighted by Gasteiger charge is 2.34. The minimum absolute atomic E-state index is 0.0636. The number of benzene rings is 1. The highest BCUT2D eigenvalue weighted by atomic mass is 32.2. The van der Waals surface area contributed by atoms with E-state index < -0.39 is 11.4 Å². The SMILES string of the molecule is CC(N[S+]([O-])C(C)(C)C)C1Cc2ccccc2O1. The first kappa shape index (κ1) is 13.7. The standard InChI is InChI=1S/C14H21NO2S/c1-10(15-18(16)14(2,3)4)13-9-11-7-5-6-8-12(11)17-13/h5-8,10,13,15H,9H2,1-4H3. The summed E-state index contributed by atoms with van der Waals surface area (Å²) in [4.78, 5) is 0. The van der Waals surface area contributed by atoms with E-state index in [2.05, 4.69) is 10.8 Å². The average molecular weight is 267 g/mol. The Morgan fingerprint density at radius 2 is 2.06 bits per heavy atom. The number of hydrogen-bond acceptors (Lipinski definition) is 3. The van der Waals surface area contributed by atoms with E-state index in [4.69, 9.17) is 4.74 Å². The molecule has 1 aromatic carbocycles. The van der Waals surface area contributed by atoms with Gasteiger partial charge < -0.3 is 9.29 Å². The lowest BCUT2D eigenvalue weighted by Gasteiger charge is -2.28. The van der Waals surface area contributed by atoms with Gasteiger partial charge in [-0.25, -0.2) is 0 Å². The second kappa shape index (κ2) is 5.11. The maximum absolute atomic E-state index is 12.0. The van der Waals surface area contributed by atoms with Gasteiger partial charge in [0.2, 0.25) is 0 Å². The molecule has 3 unspecified atom stereocenters. The van der Waals surface area contributed by atoms with Gasteiger partial charge >= 0.3 is 0 Å². The third kappa shape index (κ3) is 2.99. The second-order valence-electron chi connectivity index (χ2n) is 5.76. The molecule has 18 heavy (non-hydrogen) atoms. The van der Waals surface area contributed by atoms with Gasteiger partial charge in [-0.15, -0.1) is 4.72 Å². The molecule has 2 rings (SSSR count). The van der Waals surface area contributed by atoms with Gasteiger partial charge in [-0.3, -0.25) is 0 Å². The largest absolute Gasteiger partial charge is 0.598 e. The zero-order chi connectivity index (χ0) is 13.3. The molecule has 0 radical (unpaired) electrons.